The fourth-order valence-electron chi connectivity index (χ4n) is 13.8. The summed E-state index contributed by atoms with van der Waals surface area (Å²) in [5.74, 6) is -4.86. The van der Waals surface area contributed by atoms with E-state index in [4.69, 9.17) is 99.8 Å². The molecule has 0 saturated carbocycles. The molecule has 0 bridgehead atoms. The molecule has 0 aromatic heterocycles. The van der Waals surface area contributed by atoms with Crippen molar-refractivity contribution in [2.75, 3.05) is 291 Å². The number of ether oxygens (including phenoxy) is 20. The van der Waals surface area contributed by atoms with Crippen molar-refractivity contribution >= 4 is 87.6 Å². The van der Waals surface area contributed by atoms with Crippen LogP contribution >= 0.6 is 0 Å². The van der Waals surface area contributed by atoms with Gasteiger partial charge in [0.2, 0.25) is 29.5 Å². The van der Waals surface area contributed by atoms with Gasteiger partial charge in [0.05, 0.1) is 198 Å². The molecule has 0 aliphatic rings. The number of carbonyl (C=O) groups is 15. The van der Waals surface area contributed by atoms with E-state index in [0.29, 0.717) is 312 Å². The number of aliphatic carboxylic acids is 1. The number of unbranched alkanes of at least 4 members (excludes halogenated alkanes) is 5. The Morgan fingerprint density at radius 1 is 0.235 bits per heavy atom. The first-order chi connectivity index (χ1) is 72.4. The molecular formula is C107H194N6O36. The van der Waals surface area contributed by atoms with E-state index in [2.05, 4.69) is 31.9 Å². The summed E-state index contributed by atoms with van der Waals surface area (Å²) in [4.78, 5) is 190. The van der Waals surface area contributed by atoms with E-state index >= 15 is 0 Å². The van der Waals surface area contributed by atoms with Crippen molar-refractivity contribution in [3.63, 3.8) is 0 Å². The summed E-state index contributed by atoms with van der Waals surface area (Å²) in [6.07, 6.45) is 15.2. The van der Waals surface area contributed by atoms with Gasteiger partial charge >= 0.3 is 5.97 Å². The van der Waals surface area contributed by atoms with Gasteiger partial charge in [-0.3, -0.25) is 67.1 Å². The predicted octanol–water partition coefficient (Wildman–Crippen LogP) is 8.83. The van der Waals surface area contributed by atoms with Crippen LogP contribution in [0, 0.1) is 11.8 Å². The summed E-state index contributed by atoms with van der Waals surface area (Å²) in [5.41, 5.74) is 0. The average molecular weight is 2140 g/mol. The highest BCUT2D eigenvalue weighted by Crippen LogP contribution is 2.20. The van der Waals surface area contributed by atoms with Gasteiger partial charge in [-0.25, -0.2) is 4.79 Å². The Hall–Kier alpha value is -6.99. The lowest BCUT2D eigenvalue weighted by Gasteiger charge is -2.23. The fourth-order valence-corrected chi connectivity index (χ4v) is 13.8. The topological polar surface area (TPSA) is 533 Å². The third kappa shape index (κ3) is 103. The number of carbonyl (C=O) groups excluding carboxylic acids is 14. The largest absolute Gasteiger partial charge is 0.475 e. The molecule has 4 atom stereocenters. The van der Waals surface area contributed by atoms with Crippen LogP contribution in [0.5, 0.6) is 0 Å². The number of Topliss-reactive ketones (excluding diaryl/α,β-unsaturated/α-hetero) is 9. The van der Waals surface area contributed by atoms with Crippen molar-refractivity contribution < 1.29 is 172 Å². The summed E-state index contributed by atoms with van der Waals surface area (Å²) in [5, 5.41) is 25.2. The molecule has 0 heterocycles. The molecule has 0 saturated heterocycles. The number of amides is 5. The van der Waals surface area contributed by atoms with E-state index in [1.54, 1.807) is 7.05 Å². The number of hydrogen-bond donors (Lipinski definition) is 7. The molecule has 0 aromatic carbocycles. The molecule has 0 aromatic rings. The van der Waals surface area contributed by atoms with Gasteiger partial charge in [-0.2, -0.15) is 0 Å². The molecular weight excluding hydrogens is 1950 g/mol. The molecule has 42 nitrogen and oxygen atoms in total. The van der Waals surface area contributed by atoms with Gasteiger partial charge in [0.15, 0.2) is 5.78 Å². The maximum atomic E-state index is 14.7. The molecule has 0 radical (unpaired) electrons. The highest BCUT2D eigenvalue weighted by atomic mass is 16.6. The second kappa shape index (κ2) is 111. The van der Waals surface area contributed by atoms with Crippen LogP contribution in [0.1, 0.15) is 279 Å². The minimum Gasteiger partial charge on any atom is -0.475 e. The van der Waals surface area contributed by atoms with E-state index in [1.807, 2.05) is 41.5 Å². The second-order valence-corrected chi connectivity index (χ2v) is 36.1. The molecule has 0 rings (SSSR count). The number of ketones is 9. The van der Waals surface area contributed by atoms with Crippen molar-refractivity contribution in [2.24, 2.45) is 11.8 Å². The lowest BCUT2D eigenvalue weighted by molar-refractivity contribution is -0.150. The van der Waals surface area contributed by atoms with Crippen LogP contribution in [0.15, 0.2) is 0 Å². The molecule has 42 heteroatoms. The van der Waals surface area contributed by atoms with Gasteiger partial charge in [0.1, 0.15) is 65.8 Å². The fraction of sp³-hybridized carbons (Fsp3) is 0.860. The van der Waals surface area contributed by atoms with Gasteiger partial charge < -0.3 is 132 Å². The summed E-state index contributed by atoms with van der Waals surface area (Å²) in [6.45, 7) is 25.0. The minimum absolute atomic E-state index is 0.00314. The highest BCUT2D eigenvalue weighted by Gasteiger charge is 2.29. The zero-order valence-electron chi connectivity index (χ0n) is 92.0. The predicted molar refractivity (Wildman–Crippen MR) is 558 cm³/mol. The van der Waals surface area contributed by atoms with Crippen molar-refractivity contribution in [3.05, 3.63) is 0 Å². The van der Waals surface area contributed by atoms with Crippen LogP contribution in [0.25, 0.3) is 0 Å². The third-order valence-corrected chi connectivity index (χ3v) is 22.2. The minimum atomic E-state index is -1.37. The van der Waals surface area contributed by atoms with Crippen LogP contribution in [0.4, 0.5) is 0 Å². The molecule has 0 fully saturated rings. The molecule has 5 amide bonds. The van der Waals surface area contributed by atoms with Crippen LogP contribution < -0.4 is 31.9 Å². The first-order valence-corrected chi connectivity index (χ1v) is 54.9. The van der Waals surface area contributed by atoms with Crippen LogP contribution in [0.2, 0.25) is 0 Å². The van der Waals surface area contributed by atoms with Crippen LogP contribution in [0.3, 0.4) is 0 Å². The number of carboxylic acids is 1. The van der Waals surface area contributed by atoms with Gasteiger partial charge in [-0.05, 0) is 122 Å². The number of hydrogen-bond acceptors (Lipinski definition) is 36. The summed E-state index contributed by atoms with van der Waals surface area (Å²) in [7, 11) is 3.11. The maximum Gasteiger partial charge on any atom is 0.373 e. The van der Waals surface area contributed by atoms with Gasteiger partial charge in [-0.1, -0.05) is 67.2 Å². The molecule has 149 heavy (non-hydrogen) atoms. The Morgan fingerprint density at radius 2 is 0.517 bits per heavy atom. The van der Waals surface area contributed by atoms with Crippen molar-refractivity contribution in [3.8, 4) is 0 Å². The zero-order valence-corrected chi connectivity index (χ0v) is 92.0. The molecule has 7 N–H and O–H groups in total. The summed E-state index contributed by atoms with van der Waals surface area (Å²) in [6, 6.07) is -2.62. The van der Waals surface area contributed by atoms with E-state index in [-0.39, 0.29) is 235 Å². The molecule has 0 spiro atoms. The third-order valence-electron chi connectivity index (χ3n) is 22.2. The summed E-state index contributed by atoms with van der Waals surface area (Å²) < 4.78 is 111. The van der Waals surface area contributed by atoms with E-state index in [0.717, 1.165) is 25.7 Å². The Morgan fingerprint density at radius 3 is 0.852 bits per heavy atom. The maximum absolute atomic E-state index is 14.7. The first-order valence-electron chi connectivity index (χ1n) is 54.9. The van der Waals surface area contributed by atoms with E-state index < -0.39 is 59.4 Å². The van der Waals surface area contributed by atoms with E-state index in [1.165, 1.54) is 7.05 Å². The Kier molecular flexibility index (Phi) is 107. The number of rotatable bonds is 118. The Bertz CT molecular complexity index is 3330. The second-order valence-electron chi connectivity index (χ2n) is 36.1. The average Bonchev–Trinajstić information content (AvgIpc) is 0.887. The highest BCUT2D eigenvalue weighted by molar-refractivity contribution is 6.34. The van der Waals surface area contributed by atoms with Gasteiger partial charge in [-0.15, -0.1) is 0 Å². The lowest BCUT2D eigenvalue weighted by Crippen LogP contribution is -2.49. The SMILES string of the molecule is CCCOCCOCCC(=O)CCCOCCOCCC(=O)CCCCCC(CC(=O)CCOCCOCCCC(=O)CCOCCOCCC)C(=O)N[C@@H](CCCCNC(=O)[C@H](CCCCCC(=O)CCOCCOCCCC(=O)CCOCCOCCC)NC(=O)CCOCCOCCCC(=O)CCOCCOCCC)C(=O)NCCOCCOCC(=O)CCCOCCOCC(=O)NC.CN[C@@H](CC(C)C)C(=O)C(=O)O. The standard InChI is InChI=1S/C99H179N5O33.C8H15NO3/c1-6-43-118-61-69-127-54-35-87(107)26-18-47-122-65-73-131-52-33-85(105)24-13-10-12-23-84(81-91(111)39-58-133-75-67-124-49-20-28-89(109)37-56-129-71-63-120-45-8-3)97(115)104-94(99(117)102-42-60-135-78-79-136-82-92(112)30-22-51-126-77-80-137-83-96(114)100-5)32-16-17-41-101-98(116)93(103-95(113)40-59-134-76-68-125-50-21-29-90(110)38-57-130-72-64-121-46-9-4)31-15-11-14-25-86(106)34-53-132-74-66-123-48-19-27-88(108)36-55-128-70-62-119-44-7-2;1-5(2)4-6(9-3)7(10)8(11)12/h84,93-94H,6-83H2,1-5H3,(H,100,114)(H,101,116)(H,102,117)(H,103,113)(H,104,115);5-6,9H,4H2,1-3H3,(H,11,12)/t84?,93-,94-;6-/m00/s1. The van der Waals surface area contributed by atoms with Crippen molar-refractivity contribution in [1.29, 1.82) is 0 Å². The summed E-state index contributed by atoms with van der Waals surface area (Å²) >= 11 is 0. The van der Waals surface area contributed by atoms with E-state index in [9.17, 15) is 71.9 Å². The molecule has 0 aliphatic carbocycles. The number of likely N-dealkylation sites (N-methyl/N-ethyl adjacent to an activating group) is 2. The van der Waals surface area contributed by atoms with Crippen molar-refractivity contribution in [1.82, 2.24) is 31.9 Å². The smallest absolute Gasteiger partial charge is 0.373 e. The zero-order chi connectivity index (χ0) is 110. The van der Waals surface area contributed by atoms with Crippen LogP contribution in [-0.4, -0.2) is 402 Å². The van der Waals surface area contributed by atoms with Gasteiger partial charge in [0, 0.05) is 188 Å². The number of carboxylic acid groups (broad SMARTS) is 1. The number of nitrogens with one attached hydrogen (secondary N) is 6. The Balaban J connectivity index is 0. The van der Waals surface area contributed by atoms with Crippen molar-refractivity contribution in [2.45, 2.75) is 297 Å². The quantitative estimate of drug-likeness (QED) is 0.0221. The van der Waals surface area contributed by atoms with Gasteiger partial charge in [0.25, 0.3) is 5.78 Å². The molecule has 1 unspecified atom stereocenters. The van der Waals surface area contributed by atoms with Crippen LogP contribution in [-0.2, 0) is 167 Å². The molecule has 868 valence electrons. The normalized spacial score (nSPS) is 12.1. The first kappa shape index (κ1) is 144. The molecule has 0 aliphatic heterocycles. The lowest BCUT2D eigenvalue weighted by atomic mass is 9.92. The monoisotopic (exact) mass is 2140 g/mol. The Labute approximate surface area is 887 Å².